The molecule has 0 aliphatic heterocycles. The van der Waals surface area contributed by atoms with Gasteiger partial charge in [0.15, 0.2) is 0 Å². The van der Waals surface area contributed by atoms with Gasteiger partial charge >= 0.3 is 0 Å². The van der Waals surface area contributed by atoms with Crippen LogP contribution in [0.4, 0.5) is 5.69 Å². The highest BCUT2D eigenvalue weighted by molar-refractivity contribution is 6.00. The van der Waals surface area contributed by atoms with Crippen molar-refractivity contribution >= 4 is 16.6 Å². The Morgan fingerprint density at radius 2 is 2.25 bits per heavy atom. The van der Waals surface area contributed by atoms with E-state index in [0.717, 1.165) is 27.8 Å². The predicted molar refractivity (Wildman–Crippen MR) is 62.7 cm³/mol. The molecule has 2 aromatic heterocycles. The predicted octanol–water partition coefficient (Wildman–Crippen LogP) is 1.55. The summed E-state index contributed by atoms with van der Waals surface area (Å²) in [5.41, 5.74) is 9.44. The molecule has 3 rings (SSSR count). The lowest BCUT2D eigenvalue weighted by molar-refractivity contribution is 0.768. The fourth-order valence-electron chi connectivity index (χ4n) is 1.85. The molecule has 1 aromatic carbocycles. The minimum atomic E-state index is 0.727. The molecule has 0 spiro atoms. The van der Waals surface area contributed by atoms with Gasteiger partial charge in [0.05, 0.1) is 17.1 Å². The summed E-state index contributed by atoms with van der Waals surface area (Å²) in [7, 11) is 1.88. The second-order valence-corrected chi connectivity index (χ2v) is 3.74. The number of fused-ring (bicyclic) bond motifs is 1. The van der Waals surface area contributed by atoms with E-state index in [1.54, 1.807) is 10.9 Å². The lowest BCUT2D eigenvalue weighted by atomic mass is 10.1. The molecule has 3 aromatic rings. The topological polar surface area (TPSA) is 72.5 Å². The van der Waals surface area contributed by atoms with Crippen LogP contribution in [-0.2, 0) is 7.05 Å². The van der Waals surface area contributed by atoms with Crippen molar-refractivity contribution in [1.82, 2.24) is 20.0 Å². The number of nitrogens with zero attached hydrogens (tertiary/aromatic N) is 3. The Morgan fingerprint density at radius 1 is 1.38 bits per heavy atom. The minimum Gasteiger partial charge on any atom is -0.398 e. The molecule has 0 saturated carbocycles. The number of hydrogen-bond donors (Lipinski definition) is 2. The molecule has 0 aliphatic rings. The van der Waals surface area contributed by atoms with Gasteiger partial charge < -0.3 is 5.73 Å². The summed E-state index contributed by atoms with van der Waals surface area (Å²) in [6.45, 7) is 0. The van der Waals surface area contributed by atoms with Crippen molar-refractivity contribution in [3.63, 3.8) is 0 Å². The van der Waals surface area contributed by atoms with E-state index in [9.17, 15) is 0 Å². The molecular weight excluding hydrogens is 202 g/mol. The van der Waals surface area contributed by atoms with Gasteiger partial charge in [-0.15, -0.1) is 0 Å². The minimum absolute atomic E-state index is 0.727. The van der Waals surface area contributed by atoms with Crippen LogP contribution in [0.3, 0.4) is 0 Å². The summed E-state index contributed by atoms with van der Waals surface area (Å²) in [6, 6.07) is 5.74. The number of nitrogen functional groups attached to an aromatic ring is 1. The molecule has 0 radical (unpaired) electrons. The van der Waals surface area contributed by atoms with Crippen molar-refractivity contribution in [2.45, 2.75) is 0 Å². The number of hydrogen-bond acceptors (Lipinski definition) is 3. The fourth-order valence-corrected chi connectivity index (χ4v) is 1.85. The first-order valence-corrected chi connectivity index (χ1v) is 4.97. The summed E-state index contributed by atoms with van der Waals surface area (Å²) >= 11 is 0. The highest BCUT2D eigenvalue weighted by atomic mass is 15.2. The summed E-state index contributed by atoms with van der Waals surface area (Å²) in [4.78, 5) is 0. The van der Waals surface area contributed by atoms with E-state index in [1.807, 2.05) is 31.4 Å². The van der Waals surface area contributed by atoms with E-state index in [4.69, 9.17) is 5.73 Å². The Balaban J connectivity index is 2.32. The van der Waals surface area contributed by atoms with Gasteiger partial charge in [0, 0.05) is 24.5 Å². The molecule has 0 bridgehead atoms. The number of rotatable bonds is 1. The van der Waals surface area contributed by atoms with Gasteiger partial charge in [0.25, 0.3) is 0 Å². The third-order valence-electron chi connectivity index (χ3n) is 2.60. The van der Waals surface area contributed by atoms with Gasteiger partial charge in [-0.25, -0.2) is 0 Å². The molecule has 2 heterocycles. The maximum Gasteiger partial charge on any atom is 0.105 e. The first-order valence-electron chi connectivity index (χ1n) is 4.97. The zero-order chi connectivity index (χ0) is 11.1. The number of H-pyrrole nitrogens is 1. The van der Waals surface area contributed by atoms with Crippen molar-refractivity contribution in [3.8, 4) is 11.3 Å². The van der Waals surface area contributed by atoms with Gasteiger partial charge in [0.2, 0.25) is 0 Å². The van der Waals surface area contributed by atoms with Crippen LogP contribution in [0.15, 0.2) is 30.6 Å². The number of aromatic amines is 1. The second-order valence-electron chi connectivity index (χ2n) is 3.74. The lowest BCUT2D eigenvalue weighted by Crippen LogP contribution is -1.86. The van der Waals surface area contributed by atoms with Crippen molar-refractivity contribution in [2.75, 3.05) is 5.73 Å². The van der Waals surface area contributed by atoms with Gasteiger partial charge in [-0.1, -0.05) is 6.07 Å². The SMILES string of the molecule is Cn1cc(-c2n[nH]c3cccc(N)c23)cn1. The largest absolute Gasteiger partial charge is 0.398 e. The molecule has 80 valence electrons. The van der Waals surface area contributed by atoms with Gasteiger partial charge in [-0.3, -0.25) is 9.78 Å². The number of nitrogens with two attached hydrogens (primary N) is 1. The summed E-state index contributed by atoms with van der Waals surface area (Å²) < 4.78 is 1.75. The van der Waals surface area contributed by atoms with Crippen LogP contribution < -0.4 is 5.73 Å². The molecule has 5 heteroatoms. The lowest BCUT2D eigenvalue weighted by Gasteiger charge is -1.96. The zero-order valence-corrected chi connectivity index (χ0v) is 8.81. The summed E-state index contributed by atoms with van der Waals surface area (Å²) in [5.74, 6) is 0. The molecule has 0 amide bonds. The van der Waals surface area contributed by atoms with Gasteiger partial charge in [-0.2, -0.15) is 10.2 Å². The van der Waals surface area contributed by atoms with Crippen molar-refractivity contribution in [3.05, 3.63) is 30.6 Å². The van der Waals surface area contributed by atoms with E-state index >= 15 is 0 Å². The smallest absolute Gasteiger partial charge is 0.105 e. The highest BCUT2D eigenvalue weighted by Gasteiger charge is 2.11. The van der Waals surface area contributed by atoms with Gasteiger partial charge in [-0.05, 0) is 12.1 Å². The normalized spacial score (nSPS) is 11.1. The Labute approximate surface area is 91.9 Å². The Kier molecular flexibility index (Phi) is 1.73. The Morgan fingerprint density at radius 3 is 3.00 bits per heavy atom. The molecule has 0 atom stereocenters. The molecular formula is C11H11N5. The van der Waals surface area contributed by atoms with E-state index in [2.05, 4.69) is 15.3 Å². The van der Waals surface area contributed by atoms with E-state index < -0.39 is 0 Å². The van der Waals surface area contributed by atoms with Crippen LogP contribution in [0.25, 0.3) is 22.2 Å². The van der Waals surface area contributed by atoms with E-state index in [0.29, 0.717) is 0 Å². The fraction of sp³-hybridized carbons (Fsp3) is 0.0909. The van der Waals surface area contributed by atoms with Crippen LogP contribution in [-0.4, -0.2) is 20.0 Å². The summed E-state index contributed by atoms with van der Waals surface area (Å²) in [5, 5.41) is 12.3. The number of aryl methyl sites for hydroxylation is 1. The first kappa shape index (κ1) is 8.96. The summed E-state index contributed by atoms with van der Waals surface area (Å²) in [6.07, 6.45) is 3.70. The maximum absolute atomic E-state index is 5.96. The maximum atomic E-state index is 5.96. The molecule has 3 N–H and O–H groups in total. The molecule has 0 saturated heterocycles. The van der Waals surface area contributed by atoms with Crippen LogP contribution in [0.5, 0.6) is 0 Å². The average molecular weight is 213 g/mol. The number of nitrogens with one attached hydrogen (secondary N) is 1. The van der Waals surface area contributed by atoms with Crippen LogP contribution in [0, 0.1) is 0 Å². The molecule has 0 aliphatic carbocycles. The third kappa shape index (κ3) is 1.18. The number of aromatic nitrogens is 4. The number of benzene rings is 1. The van der Waals surface area contributed by atoms with Crippen LogP contribution in [0.1, 0.15) is 0 Å². The van der Waals surface area contributed by atoms with Crippen LogP contribution in [0.2, 0.25) is 0 Å². The van der Waals surface area contributed by atoms with Crippen molar-refractivity contribution in [1.29, 1.82) is 0 Å². The van der Waals surface area contributed by atoms with E-state index in [-0.39, 0.29) is 0 Å². The first-order chi connectivity index (χ1) is 7.75. The van der Waals surface area contributed by atoms with Crippen molar-refractivity contribution in [2.24, 2.45) is 7.05 Å². The quantitative estimate of drug-likeness (QED) is 0.602. The number of anilines is 1. The molecule has 0 unspecified atom stereocenters. The average Bonchev–Trinajstić information content (AvgIpc) is 2.84. The standard InChI is InChI=1S/C11H11N5/c1-16-6-7(5-13-16)11-10-8(12)3-2-4-9(10)14-15-11/h2-6H,12H2,1H3,(H,14,15). The zero-order valence-electron chi connectivity index (χ0n) is 8.81. The Bertz CT molecular complexity index is 649. The molecule has 5 nitrogen and oxygen atoms in total. The molecule has 16 heavy (non-hydrogen) atoms. The Hall–Kier alpha value is -2.30. The van der Waals surface area contributed by atoms with E-state index in [1.165, 1.54) is 0 Å². The second kappa shape index (κ2) is 3.10. The monoisotopic (exact) mass is 213 g/mol. The van der Waals surface area contributed by atoms with Crippen LogP contribution >= 0.6 is 0 Å². The highest BCUT2D eigenvalue weighted by Crippen LogP contribution is 2.29. The molecule has 0 fully saturated rings. The third-order valence-corrected chi connectivity index (χ3v) is 2.60. The van der Waals surface area contributed by atoms with Gasteiger partial charge in [0.1, 0.15) is 5.69 Å². The van der Waals surface area contributed by atoms with Crippen molar-refractivity contribution < 1.29 is 0 Å².